The highest BCUT2D eigenvalue weighted by atomic mass is 28.4. The number of allylic oxidation sites excluding steroid dienone is 1. The largest absolute Gasteiger partial charge is 0.481 e. The molecule has 2 N–H and O–H groups in total. The van der Waals surface area contributed by atoms with E-state index >= 15 is 0 Å². The van der Waals surface area contributed by atoms with Crippen LogP contribution in [0.2, 0.25) is 18.1 Å². The molecule has 0 aromatic heterocycles. The van der Waals surface area contributed by atoms with Crippen molar-refractivity contribution in [1.82, 2.24) is 0 Å². The Labute approximate surface area is 179 Å². The van der Waals surface area contributed by atoms with Crippen molar-refractivity contribution >= 4 is 20.1 Å². The van der Waals surface area contributed by atoms with Gasteiger partial charge in [0.05, 0.1) is 18.1 Å². The molecule has 0 unspecified atom stereocenters. The predicted molar refractivity (Wildman–Crippen MR) is 121 cm³/mol. The Hall–Kier alpha value is -0.983. The van der Waals surface area contributed by atoms with E-state index in [4.69, 9.17) is 4.43 Å². The lowest BCUT2D eigenvalue weighted by molar-refractivity contribution is -0.145. The number of aliphatic hydroxyl groups excluding tert-OH is 1. The van der Waals surface area contributed by atoms with Crippen LogP contribution in [0.3, 0.4) is 0 Å². The molecule has 0 aromatic carbocycles. The molecule has 0 aliphatic heterocycles. The Kier molecular flexibility index (Phi) is 11.0. The minimum absolute atomic E-state index is 0.000979. The fourth-order valence-electron chi connectivity index (χ4n) is 3.09. The second-order valence-corrected chi connectivity index (χ2v) is 14.9. The van der Waals surface area contributed by atoms with E-state index in [0.29, 0.717) is 12.8 Å². The van der Waals surface area contributed by atoms with Crippen LogP contribution in [0.5, 0.6) is 0 Å². The van der Waals surface area contributed by atoms with Crippen molar-refractivity contribution in [3.05, 3.63) is 12.2 Å². The maximum atomic E-state index is 12.5. The molecule has 0 saturated heterocycles. The van der Waals surface area contributed by atoms with Crippen molar-refractivity contribution in [1.29, 1.82) is 0 Å². The number of hydrogen-bond acceptors (Lipinski definition) is 4. The summed E-state index contributed by atoms with van der Waals surface area (Å²) in [6.07, 6.45) is 3.64. The molecule has 0 heterocycles. The van der Waals surface area contributed by atoms with Crippen molar-refractivity contribution in [2.75, 3.05) is 0 Å². The van der Waals surface area contributed by atoms with Gasteiger partial charge >= 0.3 is 5.97 Å². The van der Waals surface area contributed by atoms with Crippen LogP contribution in [0.15, 0.2) is 12.2 Å². The molecule has 0 saturated carbocycles. The molecule has 0 aromatic rings. The zero-order chi connectivity index (χ0) is 23.2. The molecule has 5 nitrogen and oxygen atoms in total. The Morgan fingerprint density at radius 2 is 1.62 bits per heavy atom. The van der Waals surface area contributed by atoms with Crippen molar-refractivity contribution in [2.24, 2.45) is 23.7 Å². The topological polar surface area (TPSA) is 83.8 Å². The van der Waals surface area contributed by atoms with Gasteiger partial charge in [0.25, 0.3) is 0 Å². The molecule has 0 spiro atoms. The molecular formula is C23H44O5Si. The van der Waals surface area contributed by atoms with Crippen LogP contribution in [-0.4, -0.2) is 42.5 Å². The number of rotatable bonds is 12. The smallest absolute Gasteiger partial charge is 0.308 e. The average molecular weight is 429 g/mol. The van der Waals surface area contributed by atoms with Gasteiger partial charge in [0.1, 0.15) is 0 Å². The second kappa shape index (κ2) is 11.4. The number of carboxylic acids is 1. The van der Waals surface area contributed by atoms with Gasteiger partial charge < -0.3 is 14.6 Å². The number of carbonyl (C=O) groups is 2. The number of carboxylic acid groups (broad SMARTS) is 1. The van der Waals surface area contributed by atoms with E-state index in [1.807, 2.05) is 27.7 Å². The first kappa shape index (κ1) is 28.0. The summed E-state index contributed by atoms with van der Waals surface area (Å²) in [4.78, 5) is 24.3. The zero-order valence-electron chi connectivity index (χ0n) is 20.2. The summed E-state index contributed by atoms with van der Waals surface area (Å²) >= 11 is 0. The number of ketones is 1. The molecule has 6 atom stereocenters. The first-order valence-corrected chi connectivity index (χ1v) is 13.8. The van der Waals surface area contributed by atoms with Gasteiger partial charge in [-0.15, -0.1) is 0 Å². The van der Waals surface area contributed by atoms with Gasteiger partial charge in [-0.2, -0.15) is 0 Å². The normalized spacial score (nSPS) is 19.4. The fourth-order valence-corrected chi connectivity index (χ4v) is 4.56. The van der Waals surface area contributed by atoms with Crippen LogP contribution in [-0.2, 0) is 14.0 Å². The van der Waals surface area contributed by atoms with Crippen molar-refractivity contribution in [3.63, 3.8) is 0 Å². The lowest BCUT2D eigenvalue weighted by atomic mass is 9.85. The molecule has 6 heteroatoms. The summed E-state index contributed by atoms with van der Waals surface area (Å²) in [5.41, 5.74) is 0. The third-order valence-corrected chi connectivity index (χ3v) is 11.0. The maximum absolute atomic E-state index is 12.5. The van der Waals surface area contributed by atoms with Gasteiger partial charge in [0, 0.05) is 11.8 Å². The third-order valence-electron chi connectivity index (χ3n) is 6.48. The van der Waals surface area contributed by atoms with Gasteiger partial charge in [-0.25, -0.2) is 0 Å². The highest BCUT2D eigenvalue weighted by Gasteiger charge is 2.43. The van der Waals surface area contributed by atoms with Gasteiger partial charge in [-0.1, -0.05) is 54.5 Å². The van der Waals surface area contributed by atoms with E-state index in [9.17, 15) is 19.8 Å². The van der Waals surface area contributed by atoms with Gasteiger partial charge in [-0.05, 0) is 49.9 Å². The molecule has 0 rings (SSSR count). The molecule has 0 bridgehead atoms. The van der Waals surface area contributed by atoms with Gasteiger partial charge in [0.15, 0.2) is 14.1 Å². The Balaban J connectivity index is 5.31. The highest BCUT2D eigenvalue weighted by Crippen LogP contribution is 2.40. The molecule has 29 heavy (non-hydrogen) atoms. The fraction of sp³-hybridized carbons (Fsp3) is 0.826. The van der Waals surface area contributed by atoms with E-state index in [1.165, 1.54) is 0 Å². The molecule has 170 valence electrons. The Morgan fingerprint density at radius 3 is 2.03 bits per heavy atom. The highest BCUT2D eigenvalue weighted by molar-refractivity contribution is 6.74. The summed E-state index contributed by atoms with van der Waals surface area (Å²) in [6, 6.07) is 0. The summed E-state index contributed by atoms with van der Waals surface area (Å²) < 4.78 is 6.51. The van der Waals surface area contributed by atoms with Gasteiger partial charge in [0.2, 0.25) is 0 Å². The van der Waals surface area contributed by atoms with Crippen molar-refractivity contribution in [3.8, 4) is 0 Å². The van der Waals surface area contributed by atoms with Crippen LogP contribution in [0.1, 0.15) is 68.2 Å². The van der Waals surface area contributed by atoms with Crippen LogP contribution in [0.4, 0.5) is 0 Å². The van der Waals surface area contributed by atoms with Gasteiger partial charge in [-0.3, -0.25) is 9.59 Å². The summed E-state index contributed by atoms with van der Waals surface area (Å²) in [5.74, 6) is -1.89. The summed E-state index contributed by atoms with van der Waals surface area (Å²) in [5, 5.41) is 19.4. The van der Waals surface area contributed by atoms with Crippen molar-refractivity contribution in [2.45, 2.75) is 98.6 Å². The van der Waals surface area contributed by atoms with Crippen LogP contribution < -0.4 is 0 Å². The average Bonchev–Trinajstić information content (AvgIpc) is 2.61. The molecule has 0 aliphatic carbocycles. The Bertz CT molecular complexity index is 564. The summed E-state index contributed by atoms with van der Waals surface area (Å²) in [6.45, 7) is 20.0. The number of aliphatic carboxylic acids is 1. The van der Waals surface area contributed by atoms with E-state index < -0.39 is 32.4 Å². The monoisotopic (exact) mass is 428 g/mol. The molecule has 0 amide bonds. The van der Waals surface area contributed by atoms with E-state index in [2.05, 4.69) is 33.9 Å². The first-order valence-electron chi connectivity index (χ1n) is 10.9. The predicted octanol–water partition coefficient (Wildman–Crippen LogP) is 5.29. The molecule has 0 radical (unpaired) electrons. The van der Waals surface area contributed by atoms with E-state index in [1.54, 1.807) is 19.1 Å². The zero-order valence-corrected chi connectivity index (χ0v) is 21.2. The first-order chi connectivity index (χ1) is 13.0. The quantitative estimate of drug-likeness (QED) is 0.326. The third kappa shape index (κ3) is 8.73. The second-order valence-electron chi connectivity index (χ2n) is 10.2. The molecule has 0 fully saturated rings. The van der Waals surface area contributed by atoms with Crippen LogP contribution in [0.25, 0.3) is 0 Å². The SMILES string of the molecule is CC[C@@H](O)[C@H](C)/C=C/C(=O)[C@H](C)C[C@H](C)[C@H](O[Si](C)(C)C(C)(C)C)[C@@H](C)C(=O)O. The van der Waals surface area contributed by atoms with E-state index in [0.717, 1.165) is 0 Å². The Morgan fingerprint density at radius 1 is 1.10 bits per heavy atom. The standard InChI is InChI=1S/C23H44O5Si/c1-11-19(24)15(2)12-13-20(25)16(3)14-17(4)21(18(5)22(26)27)28-29(9,10)23(6,7)8/h12-13,15-19,21,24H,11,14H2,1-10H3,(H,26,27)/b13-12+/t15-,16-,17+,18-,19-,21+/m1/s1. The number of hydrogen-bond donors (Lipinski definition) is 2. The minimum Gasteiger partial charge on any atom is -0.481 e. The molecule has 0 aliphatic rings. The lowest BCUT2D eigenvalue weighted by Gasteiger charge is -2.42. The summed E-state index contributed by atoms with van der Waals surface area (Å²) in [7, 11) is -2.15. The van der Waals surface area contributed by atoms with Crippen molar-refractivity contribution < 1.29 is 24.2 Å². The van der Waals surface area contributed by atoms with Crippen LogP contribution >= 0.6 is 0 Å². The number of aliphatic hydroxyl groups is 1. The van der Waals surface area contributed by atoms with Crippen LogP contribution in [0, 0.1) is 23.7 Å². The minimum atomic E-state index is -2.15. The van der Waals surface area contributed by atoms with E-state index in [-0.39, 0.29) is 28.6 Å². The molecular weight excluding hydrogens is 384 g/mol. The maximum Gasteiger partial charge on any atom is 0.308 e. The lowest BCUT2D eigenvalue weighted by Crippen LogP contribution is -2.48. The number of carbonyl (C=O) groups excluding carboxylic acids is 1.